The van der Waals surface area contributed by atoms with Gasteiger partial charge in [-0.25, -0.2) is 4.98 Å². The van der Waals surface area contributed by atoms with Crippen molar-refractivity contribution in [2.45, 2.75) is 41.5 Å². The van der Waals surface area contributed by atoms with Crippen LogP contribution in [0, 0.1) is 0 Å². The summed E-state index contributed by atoms with van der Waals surface area (Å²) >= 11 is 0. The molecule has 116 valence electrons. The fraction of sp³-hybridized carbons (Fsp3) is 0.316. The molecule has 0 atom stereocenters. The molecule has 0 bridgehead atoms. The van der Waals surface area contributed by atoms with E-state index < -0.39 is 0 Å². The van der Waals surface area contributed by atoms with Crippen LogP contribution in [-0.2, 0) is 0 Å². The quantitative estimate of drug-likeness (QED) is 0.590. The lowest BCUT2D eigenvalue weighted by atomic mass is 10.2. The highest BCUT2D eigenvalue weighted by atomic mass is 16.3. The molecular weight excluding hydrogens is 258 g/mol. The average Bonchev–Trinajstić information content (AvgIpc) is 3.02. The Morgan fingerprint density at radius 2 is 1.57 bits per heavy atom. The number of allylic oxidation sites excluding steroid dienone is 4. The molecule has 0 N–H and O–H groups in total. The van der Waals surface area contributed by atoms with E-state index in [4.69, 9.17) is 4.42 Å². The summed E-state index contributed by atoms with van der Waals surface area (Å²) in [6.45, 7) is 19.3. The van der Waals surface area contributed by atoms with Gasteiger partial charge in [-0.05, 0) is 12.1 Å². The zero-order valence-electron chi connectivity index (χ0n) is 14.3. The standard InChI is InChI=1S/C13H11NO.3C2H6/c1-3-7-10(4-2)13-14-11-8-5-6-9-12(11)15-13;3*1-2/h3-9H,1-2H2;3*1-2H3/b10-7+;;;. The van der Waals surface area contributed by atoms with Gasteiger partial charge in [-0.15, -0.1) is 0 Å². The molecule has 0 unspecified atom stereocenters. The molecule has 0 aliphatic carbocycles. The summed E-state index contributed by atoms with van der Waals surface area (Å²) < 4.78 is 5.58. The highest BCUT2D eigenvalue weighted by Gasteiger charge is 2.06. The van der Waals surface area contributed by atoms with Crippen molar-refractivity contribution in [1.29, 1.82) is 0 Å². The number of rotatable bonds is 3. The van der Waals surface area contributed by atoms with Crippen molar-refractivity contribution >= 4 is 16.7 Å². The fourth-order valence-corrected chi connectivity index (χ4v) is 1.35. The van der Waals surface area contributed by atoms with Gasteiger partial charge in [-0.3, -0.25) is 0 Å². The maximum absolute atomic E-state index is 5.58. The minimum absolute atomic E-state index is 0.575. The van der Waals surface area contributed by atoms with E-state index in [0.29, 0.717) is 5.89 Å². The van der Waals surface area contributed by atoms with Crippen molar-refractivity contribution in [3.05, 3.63) is 61.5 Å². The molecule has 0 saturated heterocycles. The molecular formula is C19H29NO. The molecule has 1 aromatic heterocycles. The lowest BCUT2D eigenvalue weighted by Gasteiger charge is -1.91. The largest absolute Gasteiger partial charge is 0.436 e. The van der Waals surface area contributed by atoms with Crippen molar-refractivity contribution in [1.82, 2.24) is 4.98 Å². The van der Waals surface area contributed by atoms with Crippen molar-refractivity contribution in [3.63, 3.8) is 0 Å². The molecule has 2 heteroatoms. The van der Waals surface area contributed by atoms with E-state index >= 15 is 0 Å². The molecule has 0 fully saturated rings. The van der Waals surface area contributed by atoms with Gasteiger partial charge in [0.15, 0.2) is 5.58 Å². The summed E-state index contributed by atoms with van der Waals surface area (Å²) in [4.78, 5) is 4.35. The van der Waals surface area contributed by atoms with Crippen LogP contribution in [-0.4, -0.2) is 4.98 Å². The molecule has 1 aromatic carbocycles. The summed E-state index contributed by atoms with van der Waals surface area (Å²) in [6.07, 6.45) is 5.20. The predicted octanol–water partition coefficient (Wildman–Crippen LogP) is 6.66. The van der Waals surface area contributed by atoms with Crippen molar-refractivity contribution in [2.24, 2.45) is 0 Å². The number of fused-ring (bicyclic) bond motifs is 1. The third kappa shape index (κ3) is 6.75. The number of hydrogen-bond acceptors (Lipinski definition) is 2. The fourth-order valence-electron chi connectivity index (χ4n) is 1.35. The zero-order valence-corrected chi connectivity index (χ0v) is 14.3. The number of para-hydroxylation sites is 2. The Labute approximate surface area is 129 Å². The molecule has 21 heavy (non-hydrogen) atoms. The molecule has 1 heterocycles. The van der Waals surface area contributed by atoms with Crippen LogP contribution >= 0.6 is 0 Å². The number of oxazole rings is 1. The second-order valence-electron chi connectivity index (χ2n) is 3.05. The number of nitrogens with zero attached hydrogens (tertiary/aromatic N) is 1. The van der Waals surface area contributed by atoms with Crippen LogP contribution in [0.25, 0.3) is 16.7 Å². The Kier molecular flexibility index (Phi) is 14.5. The van der Waals surface area contributed by atoms with Gasteiger partial charge >= 0.3 is 0 Å². The third-order valence-electron chi connectivity index (χ3n) is 2.06. The SMILES string of the molecule is C=C/C=C(\C=C)c1nc2ccccc2o1.CC.CC.CC. The summed E-state index contributed by atoms with van der Waals surface area (Å²) in [5.41, 5.74) is 2.47. The Hall–Kier alpha value is -2.09. The van der Waals surface area contributed by atoms with E-state index in [1.54, 1.807) is 12.2 Å². The van der Waals surface area contributed by atoms with Crippen LogP contribution in [0.3, 0.4) is 0 Å². The van der Waals surface area contributed by atoms with Crippen LogP contribution in [0.15, 0.2) is 60.1 Å². The van der Waals surface area contributed by atoms with E-state index in [-0.39, 0.29) is 0 Å². The molecule has 0 aliphatic heterocycles. The lowest BCUT2D eigenvalue weighted by molar-refractivity contribution is 0.586. The summed E-state index contributed by atoms with van der Waals surface area (Å²) in [5, 5.41) is 0. The first-order chi connectivity index (χ1) is 10.3. The Morgan fingerprint density at radius 3 is 2.05 bits per heavy atom. The van der Waals surface area contributed by atoms with Crippen molar-refractivity contribution < 1.29 is 4.42 Å². The summed E-state index contributed by atoms with van der Waals surface area (Å²) in [5.74, 6) is 0.575. The van der Waals surface area contributed by atoms with Gasteiger partial charge in [0.1, 0.15) is 5.52 Å². The predicted molar refractivity (Wildman–Crippen MR) is 96.4 cm³/mol. The van der Waals surface area contributed by atoms with Gasteiger partial charge < -0.3 is 4.42 Å². The van der Waals surface area contributed by atoms with E-state index in [9.17, 15) is 0 Å². The number of aromatic nitrogens is 1. The third-order valence-corrected chi connectivity index (χ3v) is 2.06. The minimum atomic E-state index is 0.575. The molecule has 0 radical (unpaired) electrons. The molecule has 0 spiro atoms. The van der Waals surface area contributed by atoms with Gasteiger partial charge in [-0.1, -0.05) is 85.1 Å². The van der Waals surface area contributed by atoms with E-state index in [0.717, 1.165) is 16.7 Å². The Morgan fingerprint density at radius 1 is 1.00 bits per heavy atom. The maximum atomic E-state index is 5.58. The first kappa shape index (κ1) is 21.2. The Bertz CT molecular complexity index is 502. The Balaban J connectivity index is 0. The second-order valence-corrected chi connectivity index (χ2v) is 3.05. The topological polar surface area (TPSA) is 26.0 Å². The highest BCUT2D eigenvalue weighted by Crippen LogP contribution is 2.21. The van der Waals surface area contributed by atoms with Gasteiger partial charge in [0.05, 0.1) is 0 Å². The monoisotopic (exact) mass is 287 g/mol. The first-order valence-electron chi connectivity index (χ1n) is 7.66. The minimum Gasteiger partial charge on any atom is -0.436 e. The number of benzene rings is 1. The van der Waals surface area contributed by atoms with Crippen LogP contribution < -0.4 is 0 Å². The zero-order chi connectivity index (χ0) is 16.7. The summed E-state index contributed by atoms with van der Waals surface area (Å²) in [7, 11) is 0. The molecule has 0 saturated carbocycles. The lowest BCUT2D eigenvalue weighted by Crippen LogP contribution is -1.78. The van der Waals surface area contributed by atoms with E-state index in [1.165, 1.54) is 0 Å². The smallest absolute Gasteiger partial charge is 0.227 e. The molecule has 0 amide bonds. The van der Waals surface area contributed by atoms with Crippen LogP contribution in [0.5, 0.6) is 0 Å². The molecule has 0 aliphatic rings. The van der Waals surface area contributed by atoms with E-state index in [1.807, 2.05) is 71.9 Å². The molecule has 2 rings (SSSR count). The van der Waals surface area contributed by atoms with Crippen LogP contribution in [0.1, 0.15) is 47.4 Å². The molecule has 2 aromatic rings. The van der Waals surface area contributed by atoms with Gasteiger partial charge in [0, 0.05) is 5.57 Å². The maximum Gasteiger partial charge on any atom is 0.227 e. The molecule has 2 nitrogen and oxygen atoms in total. The van der Waals surface area contributed by atoms with Gasteiger partial charge in [0.2, 0.25) is 5.89 Å². The number of hydrogen-bond donors (Lipinski definition) is 0. The van der Waals surface area contributed by atoms with Gasteiger partial charge in [-0.2, -0.15) is 0 Å². The highest BCUT2D eigenvalue weighted by molar-refractivity contribution is 5.78. The second kappa shape index (κ2) is 14.3. The van der Waals surface area contributed by atoms with Crippen LogP contribution in [0.4, 0.5) is 0 Å². The summed E-state index contributed by atoms with van der Waals surface area (Å²) in [6, 6.07) is 7.65. The van der Waals surface area contributed by atoms with Crippen molar-refractivity contribution in [3.8, 4) is 0 Å². The van der Waals surface area contributed by atoms with Crippen LogP contribution in [0.2, 0.25) is 0 Å². The van der Waals surface area contributed by atoms with Crippen molar-refractivity contribution in [2.75, 3.05) is 0 Å². The average molecular weight is 287 g/mol. The van der Waals surface area contributed by atoms with E-state index in [2.05, 4.69) is 18.1 Å². The van der Waals surface area contributed by atoms with Gasteiger partial charge in [0.25, 0.3) is 0 Å². The first-order valence-corrected chi connectivity index (χ1v) is 7.66. The normalized spacial score (nSPS) is 9.14.